The normalized spacial score (nSPS) is 11.7. The Labute approximate surface area is 153 Å². The fourth-order valence-electron chi connectivity index (χ4n) is 2.50. The molecule has 26 heavy (non-hydrogen) atoms. The Morgan fingerprint density at radius 3 is 2.38 bits per heavy atom. The minimum absolute atomic E-state index is 0.201. The van der Waals surface area contributed by atoms with E-state index >= 15 is 0 Å². The number of furan rings is 1. The molecule has 0 aliphatic carbocycles. The van der Waals surface area contributed by atoms with E-state index in [0.29, 0.717) is 12.2 Å². The molecule has 0 atom stereocenters. The third-order valence-corrected chi connectivity index (χ3v) is 5.07. The number of benzene rings is 1. The van der Waals surface area contributed by atoms with Crippen LogP contribution in [0.15, 0.2) is 47.1 Å². The Kier molecular flexibility index (Phi) is 6.93. The van der Waals surface area contributed by atoms with Crippen LogP contribution in [-0.4, -0.2) is 42.9 Å². The Bertz CT molecular complexity index is 804. The molecule has 8 heteroatoms. The van der Waals surface area contributed by atoms with Crippen LogP contribution in [0.2, 0.25) is 0 Å². The smallest absolute Gasteiger partial charge is 0.238 e. The Morgan fingerprint density at radius 1 is 1.15 bits per heavy atom. The first-order valence-corrected chi connectivity index (χ1v) is 10.1. The lowest BCUT2D eigenvalue weighted by Gasteiger charge is -2.26. The van der Waals surface area contributed by atoms with Gasteiger partial charge in [0, 0.05) is 13.1 Å². The van der Waals surface area contributed by atoms with Gasteiger partial charge in [-0.1, -0.05) is 19.1 Å². The summed E-state index contributed by atoms with van der Waals surface area (Å²) in [5, 5.41) is 0. The second kappa shape index (κ2) is 8.95. The van der Waals surface area contributed by atoms with Crippen LogP contribution in [-0.2, 0) is 27.9 Å². The van der Waals surface area contributed by atoms with Crippen molar-refractivity contribution in [3.63, 3.8) is 0 Å². The molecule has 0 N–H and O–H groups in total. The second-order valence-corrected chi connectivity index (χ2v) is 8.03. The molecule has 142 valence electrons. The number of hydrogen-bond acceptors (Lipinski definition) is 4. The number of sulfonamides is 1. The zero-order chi connectivity index (χ0) is 19.2. The largest absolute Gasteiger partial charge is 0.467 e. The van der Waals surface area contributed by atoms with Crippen molar-refractivity contribution in [1.82, 2.24) is 9.21 Å². The van der Waals surface area contributed by atoms with Crippen molar-refractivity contribution < 1.29 is 22.0 Å². The molecule has 2 aromatic rings. The van der Waals surface area contributed by atoms with Crippen molar-refractivity contribution in [2.24, 2.45) is 0 Å². The van der Waals surface area contributed by atoms with Gasteiger partial charge in [0.05, 0.1) is 25.6 Å². The van der Waals surface area contributed by atoms with Gasteiger partial charge in [-0.05, 0) is 36.2 Å². The quantitative estimate of drug-likeness (QED) is 0.668. The van der Waals surface area contributed by atoms with Gasteiger partial charge in [0.1, 0.15) is 11.6 Å². The van der Waals surface area contributed by atoms with Crippen molar-refractivity contribution in [2.45, 2.75) is 26.4 Å². The first kappa shape index (κ1) is 20.1. The van der Waals surface area contributed by atoms with Crippen molar-refractivity contribution in [1.29, 1.82) is 0 Å². The van der Waals surface area contributed by atoms with Gasteiger partial charge >= 0.3 is 0 Å². The summed E-state index contributed by atoms with van der Waals surface area (Å²) in [6.07, 6.45) is 3.21. The molecule has 0 unspecified atom stereocenters. The molecule has 0 aliphatic rings. The van der Waals surface area contributed by atoms with Crippen LogP contribution in [0.4, 0.5) is 4.39 Å². The van der Waals surface area contributed by atoms with E-state index in [0.717, 1.165) is 16.1 Å². The van der Waals surface area contributed by atoms with Crippen LogP contribution in [0.25, 0.3) is 0 Å². The summed E-state index contributed by atoms with van der Waals surface area (Å²) in [6.45, 7) is 2.31. The maximum absolute atomic E-state index is 13.1. The van der Waals surface area contributed by atoms with Gasteiger partial charge in [0.2, 0.25) is 15.9 Å². The fraction of sp³-hybridized carbons (Fsp3) is 0.389. The molecule has 1 heterocycles. The number of nitrogens with zero attached hydrogens (tertiary/aromatic N) is 2. The number of hydrogen-bond donors (Lipinski definition) is 0. The van der Waals surface area contributed by atoms with Crippen LogP contribution in [0, 0.1) is 5.82 Å². The van der Waals surface area contributed by atoms with E-state index in [1.165, 1.54) is 23.3 Å². The van der Waals surface area contributed by atoms with Crippen molar-refractivity contribution in [3.05, 3.63) is 59.8 Å². The van der Waals surface area contributed by atoms with Crippen molar-refractivity contribution >= 4 is 15.9 Å². The maximum Gasteiger partial charge on any atom is 0.238 e. The Balaban J connectivity index is 2.18. The standard InChI is InChI=1S/C18H23FN2O4S/c1-3-10-21(26(2,23)24)14-18(22)20(13-17-5-4-11-25-17)12-15-6-8-16(19)9-7-15/h4-9,11H,3,10,12-14H2,1-2H3. The highest BCUT2D eigenvalue weighted by molar-refractivity contribution is 7.88. The SMILES string of the molecule is CCCN(CC(=O)N(Cc1ccc(F)cc1)Cc1ccco1)S(C)(=O)=O. The number of carbonyl (C=O) groups excluding carboxylic acids is 1. The third kappa shape index (κ3) is 5.96. The molecule has 6 nitrogen and oxygen atoms in total. The topological polar surface area (TPSA) is 70.8 Å². The molecule has 1 aromatic heterocycles. The first-order chi connectivity index (χ1) is 12.3. The molecule has 0 bridgehead atoms. The van der Waals surface area contributed by atoms with Gasteiger partial charge in [0.25, 0.3) is 0 Å². The lowest BCUT2D eigenvalue weighted by atomic mass is 10.2. The average molecular weight is 382 g/mol. The molecular weight excluding hydrogens is 359 g/mol. The summed E-state index contributed by atoms with van der Waals surface area (Å²) in [4.78, 5) is 14.3. The van der Waals surface area contributed by atoms with Gasteiger partial charge in [0.15, 0.2) is 0 Å². The summed E-state index contributed by atoms with van der Waals surface area (Å²) in [6, 6.07) is 9.30. The monoisotopic (exact) mass is 382 g/mol. The summed E-state index contributed by atoms with van der Waals surface area (Å²) in [5.41, 5.74) is 0.743. The van der Waals surface area contributed by atoms with Crippen LogP contribution < -0.4 is 0 Å². The Hall–Kier alpha value is -2.19. The Morgan fingerprint density at radius 2 is 1.85 bits per heavy atom. The van der Waals surface area contributed by atoms with E-state index in [4.69, 9.17) is 4.42 Å². The predicted octanol–water partition coefficient (Wildman–Crippen LogP) is 2.62. The van der Waals surface area contributed by atoms with Crippen LogP contribution in [0.1, 0.15) is 24.7 Å². The van der Waals surface area contributed by atoms with E-state index in [9.17, 15) is 17.6 Å². The fourth-order valence-corrected chi connectivity index (χ4v) is 3.35. The van der Waals surface area contributed by atoms with Gasteiger partial charge in [-0.15, -0.1) is 0 Å². The van der Waals surface area contributed by atoms with Crippen molar-refractivity contribution in [2.75, 3.05) is 19.3 Å². The first-order valence-electron chi connectivity index (χ1n) is 8.29. The lowest BCUT2D eigenvalue weighted by Crippen LogP contribution is -2.42. The average Bonchev–Trinajstić information content (AvgIpc) is 3.08. The summed E-state index contributed by atoms with van der Waals surface area (Å²) in [5.74, 6) is -0.115. The van der Waals surface area contributed by atoms with Crippen LogP contribution in [0.3, 0.4) is 0 Å². The molecule has 0 radical (unpaired) electrons. The molecule has 1 amide bonds. The molecule has 0 spiro atoms. The molecular formula is C18H23FN2O4S. The van der Waals surface area contributed by atoms with Gasteiger partial charge in [-0.2, -0.15) is 4.31 Å². The second-order valence-electron chi connectivity index (χ2n) is 6.05. The van der Waals surface area contributed by atoms with E-state index < -0.39 is 10.0 Å². The maximum atomic E-state index is 13.1. The highest BCUT2D eigenvalue weighted by Crippen LogP contribution is 2.13. The molecule has 0 saturated heterocycles. The summed E-state index contributed by atoms with van der Waals surface area (Å²) < 4.78 is 43.3. The third-order valence-electron chi connectivity index (χ3n) is 3.82. The highest BCUT2D eigenvalue weighted by atomic mass is 32.2. The minimum atomic E-state index is -3.48. The van der Waals surface area contributed by atoms with Crippen LogP contribution in [0.5, 0.6) is 0 Å². The van der Waals surface area contributed by atoms with Crippen molar-refractivity contribution in [3.8, 4) is 0 Å². The summed E-state index contributed by atoms with van der Waals surface area (Å²) >= 11 is 0. The van der Waals surface area contributed by atoms with Gasteiger partial charge in [-0.25, -0.2) is 12.8 Å². The van der Waals surface area contributed by atoms with Gasteiger partial charge < -0.3 is 9.32 Å². The van der Waals surface area contributed by atoms with E-state index in [2.05, 4.69) is 0 Å². The molecule has 0 aliphatic heterocycles. The number of rotatable bonds is 9. The molecule has 1 aromatic carbocycles. The number of amides is 1. The van der Waals surface area contributed by atoms with Gasteiger partial charge in [-0.3, -0.25) is 4.79 Å². The number of halogens is 1. The zero-order valence-electron chi connectivity index (χ0n) is 14.9. The minimum Gasteiger partial charge on any atom is -0.467 e. The predicted molar refractivity (Wildman–Crippen MR) is 96.1 cm³/mol. The van der Waals surface area contributed by atoms with E-state index in [1.54, 1.807) is 24.3 Å². The molecule has 2 rings (SSSR count). The van der Waals surface area contributed by atoms with Crippen LogP contribution >= 0.6 is 0 Å². The number of carbonyl (C=O) groups is 1. The summed E-state index contributed by atoms with van der Waals surface area (Å²) in [7, 11) is -3.48. The molecule has 0 fully saturated rings. The zero-order valence-corrected chi connectivity index (χ0v) is 15.7. The lowest BCUT2D eigenvalue weighted by molar-refractivity contribution is -0.132. The highest BCUT2D eigenvalue weighted by Gasteiger charge is 2.23. The molecule has 0 saturated carbocycles. The van der Waals surface area contributed by atoms with E-state index in [-0.39, 0.29) is 37.9 Å². The van der Waals surface area contributed by atoms with E-state index in [1.807, 2.05) is 6.92 Å².